The molecule has 0 radical (unpaired) electrons. The van der Waals surface area contributed by atoms with Gasteiger partial charge in [-0.2, -0.15) is 0 Å². The topological polar surface area (TPSA) is 63.9 Å². The van der Waals surface area contributed by atoms with Gasteiger partial charge in [0.05, 0.1) is 6.54 Å². The molecule has 0 saturated heterocycles. The molecule has 0 amide bonds. The molecule has 2 aromatic heterocycles. The maximum absolute atomic E-state index is 6.80. The zero-order valence-electron chi connectivity index (χ0n) is 32.1. The Hall–Kier alpha value is -6.30. The summed E-state index contributed by atoms with van der Waals surface area (Å²) in [6.07, 6.45) is 19.3. The van der Waals surface area contributed by atoms with Gasteiger partial charge in [0.25, 0.3) is 0 Å². The summed E-state index contributed by atoms with van der Waals surface area (Å²) in [5.41, 5.74) is 22.5. The Morgan fingerprint density at radius 2 is 1.65 bits per heavy atom. The van der Waals surface area contributed by atoms with Crippen molar-refractivity contribution < 1.29 is 4.42 Å². The summed E-state index contributed by atoms with van der Waals surface area (Å²) in [7, 11) is 0. The Morgan fingerprint density at radius 1 is 0.789 bits per heavy atom. The second kappa shape index (κ2) is 15.0. The first-order valence-corrected chi connectivity index (χ1v) is 20.9. The molecule has 7 aromatic rings. The van der Waals surface area contributed by atoms with Crippen molar-refractivity contribution in [3.8, 4) is 21.6 Å². The number of thiophene rings is 1. The summed E-state index contributed by atoms with van der Waals surface area (Å²) in [5.74, 6) is 1.14. The lowest BCUT2D eigenvalue weighted by Gasteiger charge is -2.20. The fourth-order valence-corrected chi connectivity index (χ4v) is 10.3. The van der Waals surface area contributed by atoms with Crippen LogP contribution in [0.5, 0.6) is 0 Å². The number of nitrogens with two attached hydrogens (primary N) is 1. The quantitative estimate of drug-likeness (QED) is 0.130. The van der Waals surface area contributed by atoms with E-state index in [-0.39, 0.29) is 0 Å². The van der Waals surface area contributed by atoms with Gasteiger partial charge in [-0.3, -0.25) is 4.99 Å². The van der Waals surface area contributed by atoms with Gasteiger partial charge in [-0.05, 0) is 125 Å². The SMILES string of the molecule is C/C=C\C1=C(C2=CC=C(/C(N)=N/C(=N\Cc3cccc4oc5ccc(-c6cccc7sc8c(c67)CCc6ccccc6-8)cc5c34)c3ccccc3)CC2)CCC=C1. The normalized spacial score (nSPS) is 16.1. The van der Waals surface area contributed by atoms with Crippen molar-refractivity contribution in [2.24, 2.45) is 15.7 Å². The number of benzene rings is 5. The highest BCUT2D eigenvalue weighted by molar-refractivity contribution is 7.22. The van der Waals surface area contributed by atoms with Crippen LogP contribution in [0.2, 0.25) is 0 Å². The average Bonchev–Trinajstić information content (AvgIpc) is 3.85. The number of fused-ring (bicyclic) bond motifs is 8. The third-order valence-corrected chi connectivity index (χ3v) is 12.9. The maximum atomic E-state index is 6.80. The maximum Gasteiger partial charge on any atom is 0.157 e. The second-order valence-corrected chi connectivity index (χ2v) is 16.2. The van der Waals surface area contributed by atoms with Crippen molar-refractivity contribution in [3.05, 3.63) is 190 Å². The molecule has 0 saturated carbocycles. The highest BCUT2D eigenvalue weighted by Gasteiger charge is 2.23. The van der Waals surface area contributed by atoms with Crippen LogP contribution >= 0.6 is 11.3 Å². The molecule has 4 nitrogen and oxygen atoms in total. The largest absolute Gasteiger partial charge is 0.456 e. The van der Waals surface area contributed by atoms with Gasteiger partial charge in [0, 0.05) is 31.3 Å². The molecule has 278 valence electrons. The molecule has 10 rings (SSSR count). The molecule has 2 heterocycles. The Balaban J connectivity index is 1.02. The Kier molecular flexibility index (Phi) is 9.24. The van der Waals surface area contributed by atoms with Crippen LogP contribution in [-0.2, 0) is 19.4 Å². The number of hydrogen-bond donors (Lipinski definition) is 1. The number of allylic oxidation sites excluding steroid dienone is 9. The van der Waals surface area contributed by atoms with Crippen LogP contribution in [0.4, 0.5) is 0 Å². The number of hydrogen-bond acceptors (Lipinski definition) is 3. The standard InChI is InChI=1S/C52H43N3OS/c1-2-12-33-13-6-8-18-40(33)35-23-25-36(26-24-35)51(53)55-52(37-15-4-3-5-16-37)54-32-39-17-10-21-46-48(39)44-31-38(28-30-45(44)56-46)41-20-11-22-47-49(41)43-29-27-34-14-7-9-19-42(34)50(43)57-47/h2-7,9-17,19-23,25,28,30-31H,8,18,24,26-27,29,32H2,1H3,(H2,53,54,55)/b12-2-. The minimum atomic E-state index is 0.433. The second-order valence-electron chi connectivity index (χ2n) is 15.1. The van der Waals surface area contributed by atoms with Gasteiger partial charge < -0.3 is 10.2 Å². The summed E-state index contributed by atoms with van der Waals surface area (Å²) in [6, 6.07) is 38.8. The summed E-state index contributed by atoms with van der Waals surface area (Å²) in [5, 5.41) is 3.57. The fraction of sp³-hybridized carbons (Fsp3) is 0.154. The van der Waals surface area contributed by atoms with Gasteiger partial charge in [-0.15, -0.1) is 11.3 Å². The van der Waals surface area contributed by atoms with E-state index in [1.54, 1.807) is 0 Å². The zero-order chi connectivity index (χ0) is 38.3. The van der Waals surface area contributed by atoms with Crippen molar-refractivity contribution in [1.29, 1.82) is 0 Å². The molecule has 0 unspecified atom stereocenters. The Labute approximate surface area is 337 Å². The molecule has 5 heteroatoms. The summed E-state index contributed by atoms with van der Waals surface area (Å²) < 4.78 is 7.82. The molecule has 5 aromatic carbocycles. The van der Waals surface area contributed by atoms with Crippen molar-refractivity contribution in [3.63, 3.8) is 0 Å². The molecular formula is C52H43N3OS. The minimum Gasteiger partial charge on any atom is -0.456 e. The van der Waals surface area contributed by atoms with Crippen LogP contribution in [0.25, 0.3) is 53.6 Å². The van der Waals surface area contributed by atoms with Gasteiger partial charge in [-0.25, -0.2) is 4.99 Å². The fourth-order valence-electron chi connectivity index (χ4n) is 8.92. The number of rotatable bonds is 7. The average molecular weight is 758 g/mol. The van der Waals surface area contributed by atoms with Crippen LogP contribution in [-0.4, -0.2) is 11.7 Å². The molecule has 0 fully saturated rings. The first-order chi connectivity index (χ1) is 28.1. The smallest absolute Gasteiger partial charge is 0.157 e. The highest BCUT2D eigenvalue weighted by atomic mass is 32.1. The van der Waals surface area contributed by atoms with Gasteiger partial charge in [0.15, 0.2) is 5.84 Å². The van der Waals surface area contributed by atoms with E-state index in [1.807, 2.05) is 29.5 Å². The number of amidine groups is 2. The van der Waals surface area contributed by atoms with E-state index in [0.717, 1.165) is 77.2 Å². The van der Waals surface area contributed by atoms with Gasteiger partial charge in [0.1, 0.15) is 17.0 Å². The number of furan rings is 1. The lowest BCUT2D eigenvalue weighted by atomic mass is 9.85. The van der Waals surface area contributed by atoms with E-state index >= 15 is 0 Å². The Bertz CT molecular complexity index is 2940. The van der Waals surface area contributed by atoms with Crippen molar-refractivity contribution in [2.75, 3.05) is 0 Å². The van der Waals surface area contributed by atoms with Crippen LogP contribution in [0.3, 0.4) is 0 Å². The van der Waals surface area contributed by atoms with E-state index in [0.29, 0.717) is 18.2 Å². The lowest BCUT2D eigenvalue weighted by Crippen LogP contribution is -2.19. The molecule has 3 aliphatic carbocycles. The monoisotopic (exact) mass is 757 g/mol. The summed E-state index contributed by atoms with van der Waals surface area (Å²) >= 11 is 1.92. The van der Waals surface area contributed by atoms with Gasteiger partial charge in [-0.1, -0.05) is 121 Å². The van der Waals surface area contributed by atoms with Gasteiger partial charge >= 0.3 is 0 Å². The van der Waals surface area contributed by atoms with Crippen molar-refractivity contribution in [1.82, 2.24) is 0 Å². The van der Waals surface area contributed by atoms with E-state index in [1.165, 1.54) is 59.5 Å². The lowest BCUT2D eigenvalue weighted by molar-refractivity contribution is 0.668. The zero-order valence-corrected chi connectivity index (χ0v) is 32.9. The molecule has 0 spiro atoms. The summed E-state index contributed by atoms with van der Waals surface area (Å²) in [4.78, 5) is 11.6. The molecule has 0 aliphatic heterocycles. The molecule has 3 aliphatic rings. The first-order valence-electron chi connectivity index (χ1n) is 20.1. The summed E-state index contributed by atoms with van der Waals surface area (Å²) in [6.45, 7) is 2.51. The van der Waals surface area contributed by atoms with Crippen LogP contribution in [0, 0.1) is 0 Å². The number of aryl methyl sites for hydroxylation is 2. The van der Waals surface area contributed by atoms with Crippen LogP contribution in [0.15, 0.2) is 182 Å². The predicted octanol–water partition coefficient (Wildman–Crippen LogP) is 13.4. The molecule has 2 N–H and O–H groups in total. The predicted molar refractivity (Wildman–Crippen MR) is 241 cm³/mol. The van der Waals surface area contributed by atoms with Crippen LogP contribution < -0.4 is 5.73 Å². The molecule has 57 heavy (non-hydrogen) atoms. The van der Waals surface area contributed by atoms with E-state index in [2.05, 4.69) is 134 Å². The van der Waals surface area contributed by atoms with Crippen LogP contribution in [0.1, 0.15) is 54.9 Å². The Morgan fingerprint density at radius 3 is 2.53 bits per heavy atom. The van der Waals surface area contributed by atoms with E-state index in [9.17, 15) is 0 Å². The molecular weight excluding hydrogens is 715 g/mol. The van der Waals surface area contributed by atoms with Gasteiger partial charge in [0.2, 0.25) is 0 Å². The number of aliphatic imine (C=N–C) groups is 2. The third-order valence-electron chi connectivity index (χ3n) is 11.7. The molecule has 0 bridgehead atoms. The van der Waals surface area contributed by atoms with E-state index < -0.39 is 0 Å². The van der Waals surface area contributed by atoms with E-state index in [4.69, 9.17) is 20.1 Å². The van der Waals surface area contributed by atoms with Crippen molar-refractivity contribution >= 4 is 55.0 Å². The molecule has 0 atom stereocenters. The van der Waals surface area contributed by atoms with Crippen molar-refractivity contribution in [2.45, 2.75) is 52.0 Å². The first kappa shape index (κ1) is 35.1. The third kappa shape index (κ3) is 6.52. The minimum absolute atomic E-state index is 0.433. The number of nitrogens with zero attached hydrogens (tertiary/aromatic N) is 2. The highest BCUT2D eigenvalue weighted by Crippen LogP contribution is 2.47.